The van der Waals surface area contributed by atoms with Gasteiger partial charge in [-0.05, 0) is 37.6 Å². The molecule has 0 aromatic carbocycles. The predicted octanol–water partition coefficient (Wildman–Crippen LogP) is 1.47. The van der Waals surface area contributed by atoms with Crippen LogP contribution in [-0.4, -0.2) is 43.3 Å². The van der Waals surface area contributed by atoms with Crippen molar-refractivity contribution >= 4 is 0 Å². The molecule has 2 aliphatic heterocycles. The predicted molar refractivity (Wildman–Crippen MR) is 66.4 cm³/mol. The molecule has 3 nitrogen and oxygen atoms in total. The molecule has 16 heavy (non-hydrogen) atoms. The smallest absolute Gasteiger partial charge is 0.0484 e. The number of nitrogens with two attached hydrogens (primary N) is 1. The Labute approximate surface area is 99.3 Å². The van der Waals surface area contributed by atoms with Gasteiger partial charge in [0, 0.05) is 31.8 Å². The van der Waals surface area contributed by atoms with E-state index in [1.54, 1.807) is 0 Å². The first-order chi connectivity index (χ1) is 7.59. The minimum absolute atomic E-state index is 0.0180. The summed E-state index contributed by atoms with van der Waals surface area (Å²) in [7, 11) is 0. The summed E-state index contributed by atoms with van der Waals surface area (Å²) in [4.78, 5) is 2.57. The molecule has 2 fully saturated rings. The van der Waals surface area contributed by atoms with Gasteiger partial charge in [-0.15, -0.1) is 0 Å². The van der Waals surface area contributed by atoms with Crippen molar-refractivity contribution in [3.8, 4) is 0 Å². The highest BCUT2D eigenvalue weighted by molar-refractivity contribution is 4.92. The Morgan fingerprint density at radius 2 is 2.06 bits per heavy atom. The molecule has 0 aromatic rings. The SMILES string of the molecule is CC(C)C1CCN(CC2(N)CCOCC2)C1. The van der Waals surface area contributed by atoms with Crippen LogP contribution in [0.3, 0.4) is 0 Å². The Bertz CT molecular complexity index is 224. The maximum atomic E-state index is 6.44. The minimum atomic E-state index is 0.0180. The molecule has 2 aliphatic rings. The standard InChI is InChI=1S/C13H26N2O/c1-11(2)12-3-6-15(9-12)10-13(14)4-7-16-8-5-13/h11-12H,3-10,14H2,1-2H3. The van der Waals surface area contributed by atoms with Crippen LogP contribution in [0.15, 0.2) is 0 Å². The average Bonchev–Trinajstić information content (AvgIpc) is 2.66. The van der Waals surface area contributed by atoms with Gasteiger partial charge in [0.25, 0.3) is 0 Å². The minimum Gasteiger partial charge on any atom is -0.381 e. The summed E-state index contributed by atoms with van der Waals surface area (Å²) in [5.41, 5.74) is 6.46. The third-order valence-corrected chi connectivity index (χ3v) is 4.28. The highest BCUT2D eigenvalue weighted by atomic mass is 16.5. The van der Waals surface area contributed by atoms with Crippen LogP contribution in [0.4, 0.5) is 0 Å². The summed E-state index contributed by atoms with van der Waals surface area (Å²) in [6.07, 6.45) is 3.40. The number of nitrogens with zero attached hydrogens (tertiary/aromatic N) is 1. The molecule has 1 atom stereocenters. The van der Waals surface area contributed by atoms with Crippen LogP contribution in [0, 0.1) is 11.8 Å². The first-order valence-corrected chi connectivity index (χ1v) is 6.68. The number of hydrogen-bond acceptors (Lipinski definition) is 3. The van der Waals surface area contributed by atoms with E-state index >= 15 is 0 Å². The normalized spacial score (nSPS) is 31.1. The van der Waals surface area contributed by atoms with Crippen LogP contribution in [0.5, 0.6) is 0 Å². The fraction of sp³-hybridized carbons (Fsp3) is 1.00. The summed E-state index contributed by atoms with van der Waals surface area (Å²) in [5, 5.41) is 0. The second-order valence-electron chi connectivity index (χ2n) is 6.00. The maximum Gasteiger partial charge on any atom is 0.0484 e. The van der Waals surface area contributed by atoms with E-state index in [1.165, 1.54) is 19.5 Å². The van der Waals surface area contributed by atoms with Crippen molar-refractivity contribution in [1.29, 1.82) is 0 Å². The summed E-state index contributed by atoms with van der Waals surface area (Å²) in [6, 6.07) is 0. The number of likely N-dealkylation sites (tertiary alicyclic amines) is 1. The number of ether oxygens (including phenoxy) is 1. The molecule has 0 aliphatic carbocycles. The Morgan fingerprint density at radius 1 is 1.38 bits per heavy atom. The third kappa shape index (κ3) is 2.96. The molecule has 0 aromatic heterocycles. The topological polar surface area (TPSA) is 38.5 Å². The van der Waals surface area contributed by atoms with Gasteiger partial charge >= 0.3 is 0 Å². The summed E-state index contributed by atoms with van der Waals surface area (Å²) in [6.45, 7) is 9.91. The zero-order valence-corrected chi connectivity index (χ0v) is 10.7. The van der Waals surface area contributed by atoms with Crippen LogP contribution in [0.1, 0.15) is 33.1 Å². The van der Waals surface area contributed by atoms with Crippen molar-refractivity contribution in [2.75, 3.05) is 32.8 Å². The van der Waals surface area contributed by atoms with Crippen LogP contribution in [0.25, 0.3) is 0 Å². The lowest BCUT2D eigenvalue weighted by atomic mass is 9.90. The summed E-state index contributed by atoms with van der Waals surface area (Å²) < 4.78 is 5.39. The largest absolute Gasteiger partial charge is 0.381 e. The van der Waals surface area contributed by atoms with Gasteiger partial charge in [0.15, 0.2) is 0 Å². The lowest BCUT2D eigenvalue weighted by molar-refractivity contribution is 0.0401. The van der Waals surface area contributed by atoms with E-state index in [0.717, 1.165) is 44.4 Å². The summed E-state index contributed by atoms with van der Waals surface area (Å²) in [5.74, 6) is 1.69. The van der Waals surface area contributed by atoms with Crippen molar-refractivity contribution in [3.63, 3.8) is 0 Å². The van der Waals surface area contributed by atoms with Crippen LogP contribution in [0.2, 0.25) is 0 Å². The monoisotopic (exact) mass is 226 g/mol. The van der Waals surface area contributed by atoms with E-state index < -0.39 is 0 Å². The summed E-state index contributed by atoms with van der Waals surface area (Å²) >= 11 is 0. The maximum absolute atomic E-state index is 6.44. The molecular formula is C13H26N2O. The van der Waals surface area contributed by atoms with Crippen LogP contribution in [-0.2, 0) is 4.74 Å². The van der Waals surface area contributed by atoms with Crippen molar-refractivity contribution < 1.29 is 4.74 Å². The lowest BCUT2D eigenvalue weighted by Gasteiger charge is -2.36. The van der Waals surface area contributed by atoms with Crippen LogP contribution < -0.4 is 5.73 Å². The molecule has 2 rings (SSSR count). The quantitative estimate of drug-likeness (QED) is 0.792. The second kappa shape index (κ2) is 5.03. The molecule has 94 valence electrons. The van der Waals surface area contributed by atoms with Gasteiger partial charge in [0.05, 0.1) is 0 Å². The number of rotatable bonds is 3. The Kier molecular flexibility index (Phi) is 3.88. The fourth-order valence-corrected chi connectivity index (χ4v) is 2.93. The molecule has 2 saturated heterocycles. The Balaban J connectivity index is 1.81. The molecule has 0 amide bonds. The zero-order chi connectivity index (χ0) is 11.6. The lowest BCUT2D eigenvalue weighted by Crippen LogP contribution is -2.53. The Hall–Kier alpha value is -0.120. The first kappa shape index (κ1) is 12.3. The highest BCUT2D eigenvalue weighted by Gasteiger charge is 2.33. The van der Waals surface area contributed by atoms with Gasteiger partial charge < -0.3 is 15.4 Å². The van der Waals surface area contributed by atoms with E-state index in [-0.39, 0.29) is 5.54 Å². The van der Waals surface area contributed by atoms with Crippen molar-refractivity contribution in [1.82, 2.24) is 4.90 Å². The fourth-order valence-electron chi connectivity index (χ4n) is 2.93. The van der Waals surface area contributed by atoms with E-state index in [1.807, 2.05) is 0 Å². The molecule has 1 unspecified atom stereocenters. The van der Waals surface area contributed by atoms with Gasteiger partial charge in [-0.3, -0.25) is 0 Å². The molecule has 0 bridgehead atoms. The molecular weight excluding hydrogens is 200 g/mol. The van der Waals surface area contributed by atoms with Crippen molar-refractivity contribution in [2.45, 2.75) is 38.6 Å². The third-order valence-electron chi connectivity index (χ3n) is 4.28. The number of hydrogen-bond donors (Lipinski definition) is 1. The molecule has 0 radical (unpaired) electrons. The Morgan fingerprint density at radius 3 is 2.62 bits per heavy atom. The highest BCUT2D eigenvalue weighted by Crippen LogP contribution is 2.27. The average molecular weight is 226 g/mol. The van der Waals surface area contributed by atoms with E-state index in [9.17, 15) is 0 Å². The van der Waals surface area contributed by atoms with E-state index in [4.69, 9.17) is 10.5 Å². The van der Waals surface area contributed by atoms with Crippen LogP contribution >= 0.6 is 0 Å². The van der Waals surface area contributed by atoms with E-state index in [2.05, 4.69) is 18.7 Å². The first-order valence-electron chi connectivity index (χ1n) is 6.68. The van der Waals surface area contributed by atoms with Crippen molar-refractivity contribution in [3.05, 3.63) is 0 Å². The zero-order valence-electron chi connectivity index (χ0n) is 10.7. The van der Waals surface area contributed by atoms with Gasteiger partial charge in [0.1, 0.15) is 0 Å². The molecule has 0 saturated carbocycles. The molecule has 0 spiro atoms. The van der Waals surface area contributed by atoms with Gasteiger partial charge in [0.2, 0.25) is 0 Å². The van der Waals surface area contributed by atoms with Gasteiger partial charge in [-0.1, -0.05) is 13.8 Å². The van der Waals surface area contributed by atoms with Gasteiger partial charge in [-0.2, -0.15) is 0 Å². The molecule has 2 N–H and O–H groups in total. The van der Waals surface area contributed by atoms with Crippen molar-refractivity contribution in [2.24, 2.45) is 17.6 Å². The second-order valence-corrected chi connectivity index (χ2v) is 6.00. The molecule has 2 heterocycles. The van der Waals surface area contributed by atoms with Gasteiger partial charge in [-0.25, -0.2) is 0 Å². The molecule has 3 heteroatoms. The van der Waals surface area contributed by atoms with E-state index in [0.29, 0.717) is 0 Å².